The zero-order valence-electron chi connectivity index (χ0n) is 28.5. The molecule has 0 spiro atoms. The summed E-state index contributed by atoms with van der Waals surface area (Å²) in [7, 11) is 0. The maximum atomic E-state index is 7.92. The second-order valence-electron chi connectivity index (χ2n) is 12.3. The van der Waals surface area contributed by atoms with E-state index < -0.39 is 0 Å². The summed E-state index contributed by atoms with van der Waals surface area (Å²) < 4.78 is 0. The maximum absolute atomic E-state index is 7.92. The lowest BCUT2D eigenvalue weighted by Crippen LogP contribution is -2.01. The van der Waals surface area contributed by atoms with Crippen molar-refractivity contribution in [3.05, 3.63) is 205 Å². The molecule has 0 aliphatic rings. The van der Waals surface area contributed by atoms with Crippen molar-refractivity contribution < 1.29 is 0 Å². The average molecular weight is 656 g/mol. The summed E-state index contributed by atoms with van der Waals surface area (Å²) in [5.74, 6) is 0.298. The summed E-state index contributed by atoms with van der Waals surface area (Å²) >= 11 is 0. The fourth-order valence-electron chi connectivity index (χ4n) is 6.17. The van der Waals surface area contributed by atoms with E-state index in [1.165, 1.54) is 38.6 Å². The molecule has 0 atom stereocenters. The Hall–Kier alpha value is -6.71. The SMILES string of the molecule is C=Cc1ccc(-c2cc(-c3ccc(-c4cnc5ccccc5c4)cc3)c3ccccc3c2)cc1.CC(=NC(=N)c1ccccc1)c1ccccc1. The first-order valence-corrected chi connectivity index (χ1v) is 17.0. The smallest absolute Gasteiger partial charge is 0.152 e. The van der Waals surface area contributed by atoms with Crippen molar-refractivity contribution >= 4 is 39.3 Å². The molecule has 0 saturated heterocycles. The second-order valence-corrected chi connectivity index (χ2v) is 12.3. The van der Waals surface area contributed by atoms with Crippen molar-refractivity contribution in [3.63, 3.8) is 0 Å². The van der Waals surface area contributed by atoms with Crippen molar-refractivity contribution in [1.82, 2.24) is 4.98 Å². The summed E-state index contributed by atoms with van der Waals surface area (Å²) in [6.45, 7) is 5.79. The maximum Gasteiger partial charge on any atom is 0.152 e. The van der Waals surface area contributed by atoms with Crippen LogP contribution in [0.5, 0.6) is 0 Å². The van der Waals surface area contributed by atoms with Crippen LogP contribution in [-0.4, -0.2) is 16.5 Å². The molecule has 0 aliphatic heterocycles. The number of amidine groups is 1. The number of nitrogens with zero attached hydrogens (tertiary/aromatic N) is 2. The molecule has 3 heteroatoms. The number of hydrogen-bond acceptors (Lipinski definition) is 2. The summed E-state index contributed by atoms with van der Waals surface area (Å²) in [5, 5.41) is 11.6. The lowest BCUT2D eigenvalue weighted by Gasteiger charge is -2.12. The average Bonchev–Trinajstić information content (AvgIpc) is 3.21. The first-order valence-electron chi connectivity index (χ1n) is 17.0. The van der Waals surface area contributed by atoms with Gasteiger partial charge in [-0.1, -0.05) is 164 Å². The van der Waals surface area contributed by atoms with Crippen LogP contribution in [0.4, 0.5) is 0 Å². The van der Waals surface area contributed by atoms with Gasteiger partial charge in [0.1, 0.15) is 0 Å². The topological polar surface area (TPSA) is 49.1 Å². The molecule has 0 saturated carbocycles. The van der Waals surface area contributed by atoms with Crippen LogP contribution in [0.2, 0.25) is 0 Å². The number of para-hydroxylation sites is 1. The van der Waals surface area contributed by atoms with Gasteiger partial charge in [-0.3, -0.25) is 10.4 Å². The van der Waals surface area contributed by atoms with Crippen molar-refractivity contribution in [3.8, 4) is 33.4 Å². The molecule has 51 heavy (non-hydrogen) atoms. The van der Waals surface area contributed by atoms with E-state index >= 15 is 0 Å². The number of aliphatic imine (C=N–C) groups is 1. The standard InChI is InChI=1S/C33H23N.C15H14N2/c1-2-23-11-13-24(14-12-23)29-19-27-7-3-5-9-31(27)32(21-29)26-17-15-25(16-18-26)30-20-28-8-4-6-10-33(28)34-22-30;1-12(13-8-4-2-5-9-13)17-15(16)14-10-6-3-7-11-14/h2-22H,1H2;2-11,16H,1H3. The summed E-state index contributed by atoms with van der Waals surface area (Å²) in [4.78, 5) is 8.95. The number of nitrogens with one attached hydrogen (secondary N) is 1. The molecule has 8 aromatic rings. The van der Waals surface area contributed by atoms with Gasteiger partial charge in [-0.05, 0) is 80.9 Å². The Morgan fingerprint density at radius 1 is 0.549 bits per heavy atom. The Balaban J connectivity index is 0.000000201. The fraction of sp³-hybridized carbons (Fsp3) is 0.0208. The van der Waals surface area contributed by atoms with E-state index in [2.05, 4.69) is 120 Å². The van der Waals surface area contributed by atoms with Gasteiger partial charge in [0.15, 0.2) is 5.84 Å². The van der Waals surface area contributed by atoms with Crippen molar-refractivity contribution in [1.29, 1.82) is 5.41 Å². The highest BCUT2D eigenvalue weighted by atomic mass is 14.8. The third kappa shape index (κ3) is 7.64. The Morgan fingerprint density at radius 3 is 1.80 bits per heavy atom. The third-order valence-corrected chi connectivity index (χ3v) is 8.98. The molecule has 0 radical (unpaired) electrons. The van der Waals surface area contributed by atoms with Crippen LogP contribution in [0.15, 0.2) is 194 Å². The Bertz CT molecular complexity index is 2480. The van der Waals surface area contributed by atoms with Gasteiger partial charge in [-0.15, -0.1) is 0 Å². The largest absolute Gasteiger partial charge is 0.282 e. The van der Waals surface area contributed by atoms with Crippen LogP contribution in [-0.2, 0) is 0 Å². The summed E-state index contributed by atoms with van der Waals surface area (Å²) in [6.07, 6.45) is 3.84. The number of benzene rings is 7. The predicted molar refractivity (Wildman–Crippen MR) is 218 cm³/mol. The molecule has 244 valence electrons. The van der Waals surface area contributed by atoms with Crippen LogP contribution < -0.4 is 0 Å². The zero-order valence-corrected chi connectivity index (χ0v) is 28.5. The van der Waals surface area contributed by atoms with Crippen LogP contribution in [0.1, 0.15) is 23.6 Å². The lowest BCUT2D eigenvalue weighted by atomic mass is 9.92. The van der Waals surface area contributed by atoms with Gasteiger partial charge in [-0.25, -0.2) is 4.99 Å². The Labute approximate surface area is 299 Å². The van der Waals surface area contributed by atoms with Crippen molar-refractivity contribution in [2.24, 2.45) is 4.99 Å². The minimum absolute atomic E-state index is 0.298. The lowest BCUT2D eigenvalue weighted by molar-refractivity contribution is 1.40. The summed E-state index contributed by atoms with van der Waals surface area (Å²) in [6, 6.07) is 60.5. The molecule has 0 aliphatic carbocycles. The van der Waals surface area contributed by atoms with Crippen molar-refractivity contribution in [2.75, 3.05) is 0 Å². The van der Waals surface area contributed by atoms with Crippen LogP contribution in [0, 0.1) is 5.41 Å². The molecule has 0 amide bonds. The van der Waals surface area contributed by atoms with Gasteiger partial charge in [-0.2, -0.15) is 0 Å². The molecule has 1 heterocycles. The van der Waals surface area contributed by atoms with E-state index in [1.54, 1.807) is 0 Å². The van der Waals surface area contributed by atoms with Gasteiger partial charge in [0.05, 0.1) is 5.52 Å². The number of aromatic nitrogens is 1. The van der Waals surface area contributed by atoms with E-state index in [0.29, 0.717) is 5.84 Å². The quantitative estimate of drug-likeness (QED) is 0.141. The second kappa shape index (κ2) is 15.2. The molecule has 3 nitrogen and oxygen atoms in total. The molecule has 1 N–H and O–H groups in total. The van der Waals surface area contributed by atoms with E-state index in [-0.39, 0.29) is 0 Å². The van der Waals surface area contributed by atoms with Crippen LogP contribution >= 0.6 is 0 Å². The van der Waals surface area contributed by atoms with Gasteiger partial charge in [0, 0.05) is 28.4 Å². The van der Waals surface area contributed by atoms with Crippen LogP contribution in [0.25, 0.3) is 61.1 Å². The highest BCUT2D eigenvalue weighted by molar-refractivity contribution is 6.10. The van der Waals surface area contributed by atoms with Crippen molar-refractivity contribution in [2.45, 2.75) is 6.92 Å². The van der Waals surface area contributed by atoms with E-state index in [1.807, 2.05) is 92.0 Å². The highest BCUT2D eigenvalue weighted by Gasteiger charge is 2.09. The third-order valence-electron chi connectivity index (χ3n) is 8.98. The van der Waals surface area contributed by atoms with Crippen LogP contribution in [0.3, 0.4) is 0 Å². The molecule has 0 unspecified atom stereocenters. The van der Waals surface area contributed by atoms with E-state index in [4.69, 9.17) is 5.41 Å². The van der Waals surface area contributed by atoms with Gasteiger partial charge >= 0.3 is 0 Å². The first kappa shape index (κ1) is 32.8. The molecule has 1 aromatic heterocycles. The van der Waals surface area contributed by atoms with Gasteiger partial charge in [0.25, 0.3) is 0 Å². The number of fused-ring (bicyclic) bond motifs is 2. The monoisotopic (exact) mass is 655 g/mol. The minimum Gasteiger partial charge on any atom is -0.282 e. The van der Waals surface area contributed by atoms with Gasteiger partial charge in [0.2, 0.25) is 0 Å². The molecule has 8 rings (SSSR count). The minimum atomic E-state index is 0.298. The Kier molecular flexibility index (Phi) is 9.80. The number of hydrogen-bond donors (Lipinski definition) is 1. The molecule has 7 aromatic carbocycles. The first-order chi connectivity index (χ1) is 25.1. The number of pyridine rings is 1. The zero-order chi connectivity index (χ0) is 35.0. The summed E-state index contributed by atoms with van der Waals surface area (Å²) in [5.41, 5.74) is 12.1. The molecule has 0 fully saturated rings. The normalized spacial score (nSPS) is 11.1. The fourth-order valence-corrected chi connectivity index (χ4v) is 6.17. The molecular formula is C48H37N3. The van der Waals surface area contributed by atoms with E-state index in [9.17, 15) is 0 Å². The predicted octanol–water partition coefficient (Wildman–Crippen LogP) is 12.6. The molecular weight excluding hydrogens is 619 g/mol. The highest BCUT2D eigenvalue weighted by Crippen LogP contribution is 2.35. The Morgan fingerprint density at radius 2 is 1.10 bits per heavy atom. The molecule has 0 bridgehead atoms. The number of rotatable bonds is 6. The van der Waals surface area contributed by atoms with E-state index in [0.717, 1.165) is 38.9 Å². The van der Waals surface area contributed by atoms with Gasteiger partial charge < -0.3 is 0 Å².